The van der Waals surface area contributed by atoms with E-state index < -0.39 is 17.5 Å². The summed E-state index contributed by atoms with van der Waals surface area (Å²) in [7, 11) is 3.08. The Morgan fingerprint density at radius 2 is 1.92 bits per heavy atom. The zero-order valence-corrected chi connectivity index (χ0v) is 13.8. The summed E-state index contributed by atoms with van der Waals surface area (Å²) in [5, 5.41) is 0.395. The van der Waals surface area contributed by atoms with Gasteiger partial charge in [0.05, 0.1) is 12.1 Å². The van der Waals surface area contributed by atoms with Gasteiger partial charge in [0, 0.05) is 19.5 Å². The second-order valence-corrected chi connectivity index (χ2v) is 5.58. The number of anilines is 1. The second kappa shape index (κ2) is 7.07. The molecule has 0 fully saturated rings. The number of rotatable bonds is 6. The fourth-order valence-corrected chi connectivity index (χ4v) is 2.31. The minimum atomic E-state index is -5.00. The van der Waals surface area contributed by atoms with Crippen molar-refractivity contribution < 1.29 is 22.7 Å². The molecule has 0 spiro atoms. The van der Waals surface area contributed by atoms with Crippen molar-refractivity contribution >= 4 is 22.5 Å². The van der Waals surface area contributed by atoms with E-state index in [4.69, 9.17) is 4.74 Å². The molecular formula is C17H19F3N2O2. The van der Waals surface area contributed by atoms with Gasteiger partial charge in [0.25, 0.3) is 5.78 Å². The molecule has 0 radical (unpaired) electrons. The van der Waals surface area contributed by atoms with Crippen LogP contribution in [0, 0.1) is 0 Å². The number of carbonyl (C=O) groups is 1. The molecule has 0 aliphatic heterocycles. The first-order valence-corrected chi connectivity index (χ1v) is 7.61. The highest BCUT2D eigenvalue weighted by atomic mass is 19.4. The molecule has 24 heavy (non-hydrogen) atoms. The molecule has 0 atom stereocenters. The minimum Gasteiger partial charge on any atom is -0.492 e. The van der Waals surface area contributed by atoms with E-state index in [2.05, 4.69) is 4.98 Å². The number of hydrogen-bond acceptors (Lipinski definition) is 4. The molecule has 0 aliphatic carbocycles. The van der Waals surface area contributed by atoms with Crippen LogP contribution in [-0.4, -0.2) is 37.6 Å². The summed E-state index contributed by atoms with van der Waals surface area (Å²) in [5.74, 6) is -2.06. The van der Waals surface area contributed by atoms with E-state index in [1.165, 1.54) is 4.90 Å². The van der Waals surface area contributed by atoms with Gasteiger partial charge < -0.3 is 9.64 Å². The first kappa shape index (κ1) is 18.0. The molecule has 0 amide bonds. The van der Waals surface area contributed by atoms with Crippen LogP contribution in [0.3, 0.4) is 0 Å². The largest absolute Gasteiger partial charge is 0.492 e. The van der Waals surface area contributed by atoms with Crippen molar-refractivity contribution in [1.82, 2.24) is 4.98 Å². The van der Waals surface area contributed by atoms with Crippen molar-refractivity contribution in [2.24, 2.45) is 0 Å². The zero-order chi connectivity index (χ0) is 17.9. The Bertz CT molecular complexity index is 742. The summed E-state index contributed by atoms with van der Waals surface area (Å²) in [6, 6.07) is 6.69. The number of alkyl halides is 3. The van der Waals surface area contributed by atoms with Crippen LogP contribution in [0.4, 0.5) is 19.0 Å². The van der Waals surface area contributed by atoms with Crippen LogP contribution in [0.5, 0.6) is 5.75 Å². The van der Waals surface area contributed by atoms with E-state index in [0.29, 0.717) is 17.3 Å². The lowest BCUT2D eigenvalue weighted by atomic mass is 10.1. The van der Waals surface area contributed by atoms with E-state index in [-0.39, 0.29) is 18.2 Å². The predicted octanol–water partition coefficient (Wildman–Crippen LogP) is 4.22. The maximum atomic E-state index is 13.1. The molecule has 1 aromatic carbocycles. The van der Waals surface area contributed by atoms with E-state index in [0.717, 1.165) is 6.42 Å². The highest BCUT2D eigenvalue weighted by molar-refractivity contribution is 6.10. The third-order valence-corrected chi connectivity index (χ3v) is 3.48. The lowest BCUT2D eigenvalue weighted by molar-refractivity contribution is -0.0886. The summed E-state index contributed by atoms with van der Waals surface area (Å²) >= 11 is 0. The summed E-state index contributed by atoms with van der Waals surface area (Å²) in [6.07, 6.45) is -3.50. The number of carbonyl (C=O) groups excluding carboxylic acids is 1. The monoisotopic (exact) mass is 340 g/mol. The van der Waals surface area contributed by atoms with E-state index in [1.807, 2.05) is 6.92 Å². The number of ether oxygens (including phenoxy) is 1. The fraction of sp³-hybridized carbons (Fsp3) is 0.412. The molecule has 1 heterocycles. The normalized spacial score (nSPS) is 11.6. The Morgan fingerprint density at radius 3 is 2.50 bits per heavy atom. The van der Waals surface area contributed by atoms with Gasteiger partial charge in [0.1, 0.15) is 17.1 Å². The Kier molecular flexibility index (Phi) is 5.31. The SMILES string of the molecule is CCCCOc1c(C(=O)C(F)(F)F)c(N(C)C)nc2ccccc12. The summed E-state index contributed by atoms with van der Waals surface area (Å²) in [5.41, 5.74) is -0.0614. The van der Waals surface area contributed by atoms with Gasteiger partial charge in [-0.15, -0.1) is 0 Å². The lowest BCUT2D eigenvalue weighted by Gasteiger charge is -2.21. The molecule has 4 nitrogen and oxygen atoms in total. The quantitative estimate of drug-likeness (QED) is 0.583. The molecule has 130 valence electrons. The van der Waals surface area contributed by atoms with Crippen molar-refractivity contribution in [3.05, 3.63) is 29.8 Å². The average molecular weight is 340 g/mol. The van der Waals surface area contributed by atoms with Gasteiger partial charge in [-0.05, 0) is 18.6 Å². The van der Waals surface area contributed by atoms with E-state index in [1.54, 1.807) is 38.4 Å². The molecule has 1 aromatic heterocycles. The molecule has 0 unspecified atom stereocenters. The lowest BCUT2D eigenvalue weighted by Crippen LogP contribution is -2.27. The van der Waals surface area contributed by atoms with E-state index in [9.17, 15) is 18.0 Å². The summed E-state index contributed by atoms with van der Waals surface area (Å²) in [6.45, 7) is 2.18. The predicted molar refractivity (Wildman–Crippen MR) is 86.9 cm³/mol. The van der Waals surface area contributed by atoms with Gasteiger partial charge in [-0.1, -0.05) is 25.5 Å². The second-order valence-electron chi connectivity index (χ2n) is 5.58. The zero-order valence-electron chi connectivity index (χ0n) is 13.8. The average Bonchev–Trinajstić information content (AvgIpc) is 2.52. The number of para-hydroxylation sites is 1. The number of Topliss-reactive ketones (excluding diaryl/α,β-unsaturated/α-hetero) is 1. The van der Waals surface area contributed by atoms with Gasteiger partial charge in [0.2, 0.25) is 0 Å². The van der Waals surface area contributed by atoms with Crippen molar-refractivity contribution in [1.29, 1.82) is 0 Å². The van der Waals surface area contributed by atoms with Gasteiger partial charge in [-0.2, -0.15) is 13.2 Å². The maximum Gasteiger partial charge on any atom is 0.455 e. The number of fused-ring (bicyclic) bond motifs is 1. The number of pyridine rings is 1. The topological polar surface area (TPSA) is 42.4 Å². The van der Waals surface area contributed by atoms with Gasteiger partial charge in [-0.3, -0.25) is 4.79 Å². The highest BCUT2D eigenvalue weighted by Crippen LogP contribution is 2.38. The third kappa shape index (κ3) is 3.60. The Balaban J connectivity index is 2.75. The minimum absolute atomic E-state index is 0.0532. The number of hydrogen-bond donors (Lipinski definition) is 0. The summed E-state index contributed by atoms with van der Waals surface area (Å²) < 4.78 is 44.9. The fourth-order valence-electron chi connectivity index (χ4n) is 2.31. The molecule has 2 aromatic rings. The smallest absolute Gasteiger partial charge is 0.455 e. The van der Waals surface area contributed by atoms with Gasteiger partial charge >= 0.3 is 6.18 Å². The number of benzene rings is 1. The van der Waals surface area contributed by atoms with Crippen molar-refractivity contribution in [2.75, 3.05) is 25.6 Å². The molecule has 7 heteroatoms. The molecule has 0 N–H and O–H groups in total. The molecule has 0 bridgehead atoms. The highest BCUT2D eigenvalue weighted by Gasteiger charge is 2.43. The standard InChI is InChI=1S/C17H19F3N2O2/c1-4-5-10-24-14-11-8-6-7-9-12(11)21-16(22(2)3)13(14)15(23)17(18,19)20/h6-9H,4-5,10H2,1-3H3. The van der Waals surface area contributed by atoms with Crippen LogP contribution < -0.4 is 9.64 Å². The van der Waals surface area contributed by atoms with Crippen molar-refractivity contribution in [2.45, 2.75) is 25.9 Å². The first-order chi connectivity index (χ1) is 11.3. The maximum absolute atomic E-state index is 13.1. The van der Waals surface area contributed by atoms with Crippen molar-refractivity contribution in [3.8, 4) is 5.75 Å². The summed E-state index contributed by atoms with van der Waals surface area (Å²) in [4.78, 5) is 17.6. The van der Waals surface area contributed by atoms with Crippen LogP contribution in [0.2, 0.25) is 0 Å². The Labute approximate surface area is 138 Å². The number of unbranched alkanes of at least 4 members (excludes halogenated alkanes) is 1. The van der Waals surface area contributed by atoms with Crippen LogP contribution >= 0.6 is 0 Å². The molecule has 0 saturated carbocycles. The van der Waals surface area contributed by atoms with Gasteiger partial charge in [0.15, 0.2) is 0 Å². The molecule has 0 aliphatic rings. The van der Waals surface area contributed by atoms with Crippen LogP contribution in [0.25, 0.3) is 10.9 Å². The van der Waals surface area contributed by atoms with Crippen LogP contribution in [0.15, 0.2) is 24.3 Å². The number of halogens is 3. The van der Waals surface area contributed by atoms with E-state index >= 15 is 0 Å². The number of aromatic nitrogens is 1. The van der Waals surface area contributed by atoms with Crippen molar-refractivity contribution in [3.63, 3.8) is 0 Å². The Hall–Kier alpha value is -2.31. The number of ketones is 1. The third-order valence-electron chi connectivity index (χ3n) is 3.48. The first-order valence-electron chi connectivity index (χ1n) is 7.61. The Morgan fingerprint density at radius 1 is 1.25 bits per heavy atom. The molecular weight excluding hydrogens is 321 g/mol. The van der Waals surface area contributed by atoms with Crippen LogP contribution in [-0.2, 0) is 0 Å². The van der Waals surface area contributed by atoms with Crippen LogP contribution in [0.1, 0.15) is 30.1 Å². The molecule has 2 rings (SSSR count). The van der Waals surface area contributed by atoms with Gasteiger partial charge in [-0.25, -0.2) is 4.98 Å². The molecule has 0 saturated heterocycles. The number of nitrogens with zero attached hydrogens (tertiary/aromatic N) is 2.